The van der Waals surface area contributed by atoms with Gasteiger partial charge in [0, 0.05) is 23.8 Å². The summed E-state index contributed by atoms with van der Waals surface area (Å²) in [6.45, 7) is 0. The van der Waals surface area contributed by atoms with Crippen LogP contribution >= 0.6 is 22.6 Å². The second-order valence-corrected chi connectivity index (χ2v) is 4.81. The molecule has 2 heterocycles. The summed E-state index contributed by atoms with van der Waals surface area (Å²) < 4.78 is 12.6. The Morgan fingerprint density at radius 2 is 2.33 bits per heavy atom. The Balaban J connectivity index is 2.38. The Morgan fingerprint density at radius 3 is 2.89 bits per heavy atom. The van der Waals surface area contributed by atoms with E-state index in [4.69, 9.17) is 9.47 Å². The van der Waals surface area contributed by atoms with E-state index in [-0.39, 0.29) is 0 Å². The van der Waals surface area contributed by atoms with Gasteiger partial charge in [-0.1, -0.05) is 22.6 Å². The zero-order valence-corrected chi connectivity index (χ0v) is 11.7. The molecule has 1 aromatic rings. The van der Waals surface area contributed by atoms with Crippen molar-refractivity contribution in [2.75, 3.05) is 11.5 Å². The van der Waals surface area contributed by atoms with Crippen LogP contribution < -0.4 is 11.2 Å². The number of alkyl halides is 1. The summed E-state index contributed by atoms with van der Waals surface area (Å²) in [7, 11) is 1.44. The lowest BCUT2D eigenvalue weighted by atomic mass is 10.1. The van der Waals surface area contributed by atoms with Gasteiger partial charge in [0.25, 0.3) is 5.56 Å². The molecule has 0 spiro atoms. The third-order valence-corrected chi connectivity index (χ3v) is 3.73. The third-order valence-electron chi connectivity index (χ3n) is 2.86. The van der Waals surface area contributed by atoms with Crippen LogP contribution in [0, 0.1) is 0 Å². The molecule has 2 N–H and O–H groups in total. The van der Waals surface area contributed by atoms with E-state index in [0.717, 1.165) is 0 Å². The van der Waals surface area contributed by atoms with Gasteiger partial charge < -0.3 is 14.6 Å². The van der Waals surface area contributed by atoms with E-state index in [2.05, 4.69) is 27.6 Å². The van der Waals surface area contributed by atoms with Crippen molar-refractivity contribution in [2.45, 2.75) is 24.5 Å². The standard InChI is InChI=1S/C10H13IN2O5/c1-17-8-7(15)5(4-11)18-9(8)13-3-2-6(14)12-10(13)16/h2-3,5,7-9,15H,4H2,1H3,(H,12,14,16)/t5-,7?,8+,9-/m1/s1. The monoisotopic (exact) mass is 368 g/mol. The van der Waals surface area contributed by atoms with Gasteiger partial charge in [0.2, 0.25) is 0 Å². The van der Waals surface area contributed by atoms with Crippen molar-refractivity contribution in [3.8, 4) is 0 Å². The predicted octanol–water partition coefficient (Wildman–Crippen LogP) is -0.755. The maximum atomic E-state index is 11.7. The number of aromatic amines is 1. The molecule has 0 aliphatic carbocycles. The minimum atomic E-state index is -0.810. The fourth-order valence-electron chi connectivity index (χ4n) is 1.95. The van der Waals surface area contributed by atoms with Gasteiger partial charge in [-0.15, -0.1) is 0 Å². The average molecular weight is 368 g/mol. The normalized spacial score (nSPS) is 31.7. The van der Waals surface area contributed by atoms with Crippen LogP contribution in [0.15, 0.2) is 21.9 Å². The summed E-state index contributed by atoms with van der Waals surface area (Å²) >= 11 is 2.09. The molecule has 2 rings (SSSR count). The van der Waals surface area contributed by atoms with E-state index in [0.29, 0.717) is 4.43 Å². The highest BCUT2D eigenvalue weighted by Crippen LogP contribution is 2.31. The Hall–Kier alpha value is -0.710. The second-order valence-electron chi connectivity index (χ2n) is 3.93. The molecule has 1 unspecified atom stereocenters. The largest absolute Gasteiger partial charge is 0.387 e. The lowest BCUT2D eigenvalue weighted by molar-refractivity contribution is -0.0509. The van der Waals surface area contributed by atoms with E-state index in [9.17, 15) is 14.7 Å². The molecule has 0 bridgehead atoms. The first kappa shape index (κ1) is 13.7. The minimum absolute atomic E-state index is 0.403. The smallest absolute Gasteiger partial charge is 0.330 e. The predicted molar refractivity (Wildman–Crippen MR) is 70.9 cm³/mol. The Kier molecular flexibility index (Phi) is 4.20. The number of nitrogens with zero attached hydrogens (tertiary/aromatic N) is 1. The summed E-state index contributed by atoms with van der Waals surface area (Å²) in [5.41, 5.74) is -1.06. The second kappa shape index (κ2) is 5.51. The summed E-state index contributed by atoms with van der Waals surface area (Å²) in [5.74, 6) is 0. The summed E-state index contributed by atoms with van der Waals surface area (Å²) in [6, 6.07) is 1.22. The van der Waals surface area contributed by atoms with Crippen molar-refractivity contribution < 1.29 is 14.6 Å². The van der Waals surface area contributed by atoms with Gasteiger partial charge in [-0.3, -0.25) is 14.3 Å². The van der Waals surface area contributed by atoms with E-state index in [1.807, 2.05) is 0 Å². The van der Waals surface area contributed by atoms with Crippen LogP contribution in [0.4, 0.5) is 0 Å². The van der Waals surface area contributed by atoms with Crippen LogP contribution in [0.5, 0.6) is 0 Å². The van der Waals surface area contributed by atoms with Crippen LogP contribution in [-0.4, -0.2) is 44.5 Å². The maximum absolute atomic E-state index is 11.7. The number of aromatic nitrogens is 2. The number of hydrogen-bond donors (Lipinski definition) is 2. The number of aliphatic hydroxyl groups excluding tert-OH is 1. The molecular formula is C10H13IN2O5. The van der Waals surface area contributed by atoms with Gasteiger partial charge in [0.1, 0.15) is 12.2 Å². The highest BCUT2D eigenvalue weighted by molar-refractivity contribution is 14.1. The molecule has 1 fully saturated rings. The van der Waals surface area contributed by atoms with Gasteiger partial charge >= 0.3 is 5.69 Å². The molecule has 0 amide bonds. The number of halogens is 1. The first-order valence-electron chi connectivity index (χ1n) is 5.32. The lowest BCUT2D eigenvalue weighted by Crippen LogP contribution is -2.38. The third kappa shape index (κ3) is 2.37. The fraction of sp³-hybridized carbons (Fsp3) is 0.600. The summed E-state index contributed by atoms with van der Waals surface area (Å²) in [5, 5.41) is 9.98. The van der Waals surface area contributed by atoms with Crippen LogP contribution in [0.1, 0.15) is 6.23 Å². The van der Waals surface area contributed by atoms with Gasteiger partial charge in [-0.05, 0) is 0 Å². The van der Waals surface area contributed by atoms with Gasteiger partial charge in [0.15, 0.2) is 6.23 Å². The number of aliphatic hydroxyl groups is 1. The van der Waals surface area contributed by atoms with E-state index >= 15 is 0 Å². The van der Waals surface area contributed by atoms with Crippen molar-refractivity contribution >= 4 is 22.6 Å². The molecule has 100 valence electrons. The molecule has 0 saturated carbocycles. The van der Waals surface area contributed by atoms with Crippen LogP contribution in [0.2, 0.25) is 0 Å². The Morgan fingerprint density at radius 1 is 1.61 bits per heavy atom. The van der Waals surface area contributed by atoms with E-state index < -0.39 is 35.8 Å². The number of hydrogen-bond acceptors (Lipinski definition) is 5. The van der Waals surface area contributed by atoms with Gasteiger partial charge in [-0.25, -0.2) is 4.79 Å². The number of nitrogens with one attached hydrogen (secondary N) is 1. The van der Waals surface area contributed by atoms with Crippen LogP contribution in [-0.2, 0) is 9.47 Å². The molecule has 4 atom stereocenters. The number of H-pyrrole nitrogens is 1. The van der Waals surface area contributed by atoms with Crippen molar-refractivity contribution in [3.05, 3.63) is 33.1 Å². The Bertz CT molecular complexity index is 527. The molecule has 8 heteroatoms. The molecule has 1 saturated heterocycles. The minimum Gasteiger partial charge on any atom is -0.387 e. The summed E-state index contributed by atoms with van der Waals surface area (Å²) in [6.07, 6.45) is -1.27. The topological polar surface area (TPSA) is 93.5 Å². The van der Waals surface area contributed by atoms with E-state index in [1.54, 1.807) is 0 Å². The molecular weight excluding hydrogens is 355 g/mol. The SMILES string of the molecule is CO[C@H]1C(O)[C@@H](CI)O[C@H]1n1ccc(=O)[nH]c1=O. The molecule has 0 radical (unpaired) electrons. The molecule has 18 heavy (non-hydrogen) atoms. The zero-order valence-electron chi connectivity index (χ0n) is 9.58. The van der Waals surface area contributed by atoms with Gasteiger partial charge in [0.05, 0.1) is 6.10 Å². The van der Waals surface area contributed by atoms with Crippen molar-refractivity contribution in [1.82, 2.24) is 9.55 Å². The molecule has 1 aromatic heterocycles. The van der Waals surface area contributed by atoms with Crippen LogP contribution in [0.3, 0.4) is 0 Å². The molecule has 7 nitrogen and oxygen atoms in total. The molecule has 1 aliphatic heterocycles. The van der Waals surface area contributed by atoms with Crippen molar-refractivity contribution in [3.63, 3.8) is 0 Å². The quantitative estimate of drug-likeness (QED) is 0.541. The first-order chi connectivity index (χ1) is 8.58. The molecule has 0 aromatic carbocycles. The van der Waals surface area contributed by atoms with Gasteiger partial charge in [-0.2, -0.15) is 0 Å². The maximum Gasteiger partial charge on any atom is 0.330 e. The Labute approximate surface area is 116 Å². The number of rotatable bonds is 3. The van der Waals surface area contributed by atoms with Crippen molar-refractivity contribution in [2.24, 2.45) is 0 Å². The number of ether oxygens (including phenoxy) is 2. The zero-order chi connectivity index (χ0) is 13.3. The van der Waals surface area contributed by atoms with E-state index in [1.165, 1.54) is 23.9 Å². The first-order valence-corrected chi connectivity index (χ1v) is 6.84. The van der Waals surface area contributed by atoms with Crippen molar-refractivity contribution in [1.29, 1.82) is 0 Å². The highest BCUT2D eigenvalue weighted by atomic mass is 127. The highest BCUT2D eigenvalue weighted by Gasteiger charge is 2.44. The fourth-order valence-corrected chi connectivity index (χ4v) is 2.68. The number of methoxy groups -OCH3 is 1. The average Bonchev–Trinajstić information content (AvgIpc) is 2.65. The van der Waals surface area contributed by atoms with Crippen LogP contribution in [0.25, 0.3) is 0 Å². The lowest BCUT2D eigenvalue weighted by Gasteiger charge is -2.19. The summed E-state index contributed by atoms with van der Waals surface area (Å²) in [4.78, 5) is 24.8. The molecule has 1 aliphatic rings.